The molecule has 0 fully saturated rings. The van der Waals surface area contributed by atoms with Crippen LogP contribution in [0.25, 0.3) is 11.3 Å². The first-order chi connectivity index (χ1) is 8.11. The van der Waals surface area contributed by atoms with Crippen molar-refractivity contribution in [3.8, 4) is 11.3 Å². The van der Waals surface area contributed by atoms with Gasteiger partial charge in [0.1, 0.15) is 5.82 Å². The number of nitrogens with two attached hydrogens (primary N) is 1. The zero-order valence-corrected chi connectivity index (χ0v) is 10.7. The molecule has 0 saturated heterocycles. The fraction of sp³-hybridized carbons (Fsp3) is 0.357. The minimum atomic E-state index is 0.642. The van der Waals surface area contributed by atoms with Gasteiger partial charge in [-0.25, -0.2) is 4.98 Å². The minimum Gasteiger partial charge on any atom is -0.333 e. The molecule has 0 atom stereocenters. The van der Waals surface area contributed by atoms with Gasteiger partial charge in [-0.15, -0.1) is 0 Å². The predicted octanol–water partition coefficient (Wildman–Crippen LogP) is 2.43. The molecule has 0 bridgehead atoms. The van der Waals surface area contributed by atoms with Gasteiger partial charge in [-0.1, -0.05) is 23.8 Å². The van der Waals surface area contributed by atoms with Crippen LogP contribution in [-0.4, -0.2) is 16.1 Å². The first kappa shape index (κ1) is 11.9. The Balaban J connectivity index is 2.42. The summed E-state index contributed by atoms with van der Waals surface area (Å²) in [5.41, 5.74) is 10.4. The van der Waals surface area contributed by atoms with E-state index in [2.05, 4.69) is 47.8 Å². The van der Waals surface area contributed by atoms with Gasteiger partial charge in [0.2, 0.25) is 0 Å². The Bertz CT molecular complexity index is 526. The molecule has 1 aromatic carbocycles. The molecule has 3 heteroatoms. The molecule has 2 N–H and O–H groups in total. The first-order valence-corrected chi connectivity index (χ1v) is 5.93. The van der Waals surface area contributed by atoms with E-state index >= 15 is 0 Å². The van der Waals surface area contributed by atoms with Gasteiger partial charge in [0.05, 0.1) is 5.69 Å². The lowest BCUT2D eigenvalue weighted by molar-refractivity contribution is 0.684. The summed E-state index contributed by atoms with van der Waals surface area (Å²) in [6, 6.07) is 6.45. The van der Waals surface area contributed by atoms with Crippen molar-refractivity contribution >= 4 is 0 Å². The van der Waals surface area contributed by atoms with E-state index in [0.717, 1.165) is 18.1 Å². The SMILES string of the molecule is Cc1ccc(-c2cn(CCN)c(C)n2)c(C)c1. The van der Waals surface area contributed by atoms with Gasteiger partial charge >= 0.3 is 0 Å². The zero-order valence-electron chi connectivity index (χ0n) is 10.7. The standard InChI is InChI=1S/C14H19N3/c1-10-4-5-13(11(2)8-10)14-9-17(7-6-15)12(3)16-14/h4-5,8-9H,6-7,15H2,1-3H3. The van der Waals surface area contributed by atoms with Crippen LogP contribution in [0.3, 0.4) is 0 Å². The van der Waals surface area contributed by atoms with Crippen molar-refractivity contribution < 1.29 is 0 Å². The number of imidazole rings is 1. The van der Waals surface area contributed by atoms with E-state index in [1.165, 1.54) is 16.7 Å². The molecule has 0 aliphatic carbocycles. The van der Waals surface area contributed by atoms with Gasteiger partial charge in [-0.05, 0) is 26.3 Å². The molecule has 0 spiro atoms. The second-order valence-corrected chi connectivity index (χ2v) is 4.47. The van der Waals surface area contributed by atoms with Crippen molar-refractivity contribution in [2.24, 2.45) is 5.73 Å². The zero-order chi connectivity index (χ0) is 12.4. The summed E-state index contributed by atoms with van der Waals surface area (Å²) >= 11 is 0. The molecule has 0 aliphatic heterocycles. The molecule has 90 valence electrons. The van der Waals surface area contributed by atoms with Crippen molar-refractivity contribution in [1.82, 2.24) is 9.55 Å². The van der Waals surface area contributed by atoms with Crippen LogP contribution in [0.15, 0.2) is 24.4 Å². The molecule has 0 aliphatic rings. The van der Waals surface area contributed by atoms with Crippen LogP contribution >= 0.6 is 0 Å². The highest BCUT2D eigenvalue weighted by molar-refractivity contribution is 5.63. The number of rotatable bonds is 3. The maximum Gasteiger partial charge on any atom is 0.106 e. The van der Waals surface area contributed by atoms with E-state index in [0.29, 0.717) is 6.54 Å². The quantitative estimate of drug-likeness (QED) is 0.878. The van der Waals surface area contributed by atoms with E-state index < -0.39 is 0 Å². The van der Waals surface area contributed by atoms with Crippen LogP contribution in [0.1, 0.15) is 17.0 Å². The summed E-state index contributed by atoms with van der Waals surface area (Å²) in [6.07, 6.45) is 2.08. The molecule has 2 rings (SSSR count). The third kappa shape index (κ3) is 2.39. The van der Waals surface area contributed by atoms with Gasteiger partial charge in [0.25, 0.3) is 0 Å². The molecule has 2 aromatic rings. The number of hydrogen-bond acceptors (Lipinski definition) is 2. The van der Waals surface area contributed by atoms with E-state index in [9.17, 15) is 0 Å². The third-order valence-corrected chi connectivity index (χ3v) is 3.00. The number of nitrogens with zero attached hydrogens (tertiary/aromatic N) is 2. The topological polar surface area (TPSA) is 43.8 Å². The van der Waals surface area contributed by atoms with Crippen molar-refractivity contribution in [3.05, 3.63) is 41.3 Å². The molecule has 1 heterocycles. The Morgan fingerprint density at radius 2 is 2.00 bits per heavy atom. The second kappa shape index (κ2) is 4.72. The third-order valence-electron chi connectivity index (χ3n) is 3.00. The van der Waals surface area contributed by atoms with Crippen LogP contribution in [-0.2, 0) is 6.54 Å². The molecule has 0 unspecified atom stereocenters. The lowest BCUT2D eigenvalue weighted by atomic mass is 10.0. The maximum absolute atomic E-state index is 5.58. The van der Waals surface area contributed by atoms with Crippen LogP contribution in [0.5, 0.6) is 0 Å². The fourth-order valence-electron chi connectivity index (χ4n) is 2.10. The Hall–Kier alpha value is -1.61. The number of hydrogen-bond donors (Lipinski definition) is 1. The summed E-state index contributed by atoms with van der Waals surface area (Å²) in [7, 11) is 0. The molecule has 17 heavy (non-hydrogen) atoms. The van der Waals surface area contributed by atoms with E-state index in [4.69, 9.17) is 5.73 Å². The predicted molar refractivity (Wildman–Crippen MR) is 70.9 cm³/mol. The normalized spacial score (nSPS) is 10.8. The lowest BCUT2D eigenvalue weighted by Gasteiger charge is -2.03. The van der Waals surface area contributed by atoms with Gasteiger partial charge < -0.3 is 10.3 Å². The first-order valence-electron chi connectivity index (χ1n) is 5.93. The van der Waals surface area contributed by atoms with E-state index in [1.54, 1.807) is 0 Å². The Labute approximate surface area is 102 Å². The van der Waals surface area contributed by atoms with Crippen LogP contribution in [0, 0.1) is 20.8 Å². The average molecular weight is 229 g/mol. The van der Waals surface area contributed by atoms with Crippen molar-refractivity contribution in [1.29, 1.82) is 0 Å². The van der Waals surface area contributed by atoms with E-state index in [-0.39, 0.29) is 0 Å². The average Bonchev–Trinajstić information content (AvgIpc) is 2.60. The van der Waals surface area contributed by atoms with Gasteiger partial charge in [0.15, 0.2) is 0 Å². The Morgan fingerprint density at radius 3 is 2.65 bits per heavy atom. The van der Waals surface area contributed by atoms with Gasteiger partial charge in [-0.3, -0.25) is 0 Å². The Morgan fingerprint density at radius 1 is 1.24 bits per heavy atom. The molecule has 0 radical (unpaired) electrons. The largest absolute Gasteiger partial charge is 0.333 e. The van der Waals surface area contributed by atoms with Crippen LogP contribution in [0.2, 0.25) is 0 Å². The summed E-state index contributed by atoms with van der Waals surface area (Å²) in [5.74, 6) is 1.02. The lowest BCUT2D eigenvalue weighted by Crippen LogP contribution is -2.10. The second-order valence-electron chi connectivity index (χ2n) is 4.47. The van der Waals surface area contributed by atoms with Crippen LogP contribution in [0.4, 0.5) is 0 Å². The molecule has 3 nitrogen and oxygen atoms in total. The summed E-state index contributed by atoms with van der Waals surface area (Å²) in [4.78, 5) is 4.60. The van der Waals surface area contributed by atoms with E-state index in [1.807, 2.05) is 6.92 Å². The number of aromatic nitrogens is 2. The highest BCUT2D eigenvalue weighted by Crippen LogP contribution is 2.23. The van der Waals surface area contributed by atoms with Crippen molar-refractivity contribution in [2.75, 3.05) is 6.54 Å². The number of benzene rings is 1. The smallest absolute Gasteiger partial charge is 0.106 e. The molecule has 0 saturated carbocycles. The summed E-state index contributed by atoms with van der Waals surface area (Å²) in [5, 5.41) is 0. The summed E-state index contributed by atoms with van der Waals surface area (Å²) in [6.45, 7) is 7.71. The minimum absolute atomic E-state index is 0.642. The Kier molecular flexibility index (Phi) is 3.29. The van der Waals surface area contributed by atoms with Gasteiger partial charge in [-0.2, -0.15) is 0 Å². The monoisotopic (exact) mass is 229 g/mol. The highest BCUT2D eigenvalue weighted by Gasteiger charge is 2.08. The summed E-state index contributed by atoms with van der Waals surface area (Å²) < 4.78 is 2.11. The number of aryl methyl sites for hydroxylation is 3. The highest BCUT2D eigenvalue weighted by atomic mass is 15.1. The van der Waals surface area contributed by atoms with Crippen molar-refractivity contribution in [3.63, 3.8) is 0 Å². The molecule has 0 amide bonds. The van der Waals surface area contributed by atoms with Gasteiger partial charge in [0, 0.05) is 24.8 Å². The maximum atomic E-state index is 5.58. The fourth-order valence-corrected chi connectivity index (χ4v) is 2.10. The molecular weight excluding hydrogens is 210 g/mol. The van der Waals surface area contributed by atoms with Crippen molar-refractivity contribution in [2.45, 2.75) is 27.3 Å². The van der Waals surface area contributed by atoms with Crippen LogP contribution < -0.4 is 5.73 Å². The molecular formula is C14H19N3. The molecule has 1 aromatic heterocycles.